The lowest BCUT2D eigenvalue weighted by molar-refractivity contribution is 0.104. The van der Waals surface area contributed by atoms with E-state index in [1.165, 1.54) is 16.5 Å². The van der Waals surface area contributed by atoms with E-state index in [0.29, 0.717) is 11.8 Å². The summed E-state index contributed by atoms with van der Waals surface area (Å²) in [6.45, 7) is 8.62. The van der Waals surface area contributed by atoms with Crippen molar-refractivity contribution in [1.29, 1.82) is 0 Å². The number of halogens is 1. The zero-order valence-electron chi connectivity index (χ0n) is 21.3. The van der Waals surface area contributed by atoms with Crippen molar-refractivity contribution in [3.8, 4) is 11.3 Å². The molecule has 35 heavy (non-hydrogen) atoms. The van der Waals surface area contributed by atoms with Gasteiger partial charge in [0.1, 0.15) is 5.02 Å². The zero-order chi connectivity index (χ0) is 25.3. The number of hydrogen-bond donors (Lipinski definition) is 3. The number of aromatic amines is 1. The van der Waals surface area contributed by atoms with Crippen LogP contribution in [0.5, 0.6) is 0 Å². The number of fused-ring (bicyclic) bond motifs is 1. The molecule has 1 aliphatic rings. The fourth-order valence-electron chi connectivity index (χ4n) is 5.74. The molecule has 3 aromatic rings. The van der Waals surface area contributed by atoms with Crippen LogP contribution in [0.25, 0.3) is 22.2 Å². The van der Waals surface area contributed by atoms with Gasteiger partial charge in [-0.15, -0.1) is 0 Å². The minimum atomic E-state index is -0.177. The van der Waals surface area contributed by atoms with E-state index < -0.39 is 0 Å². The van der Waals surface area contributed by atoms with Gasteiger partial charge in [0.25, 0.3) is 5.56 Å². The van der Waals surface area contributed by atoms with Crippen LogP contribution in [0.1, 0.15) is 68.1 Å². The van der Waals surface area contributed by atoms with Crippen molar-refractivity contribution in [2.75, 3.05) is 26.3 Å². The van der Waals surface area contributed by atoms with Crippen molar-refractivity contribution in [1.82, 2.24) is 14.5 Å². The number of rotatable bonds is 8. The molecule has 0 aliphatic carbocycles. The van der Waals surface area contributed by atoms with Gasteiger partial charge in [-0.2, -0.15) is 0 Å². The van der Waals surface area contributed by atoms with Gasteiger partial charge >= 0.3 is 0 Å². The van der Waals surface area contributed by atoms with Crippen LogP contribution < -0.4 is 5.56 Å². The Labute approximate surface area is 212 Å². The van der Waals surface area contributed by atoms with E-state index in [9.17, 15) is 15.0 Å². The van der Waals surface area contributed by atoms with Crippen LogP contribution >= 0.6 is 11.6 Å². The minimum absolute atomic E-state index is 0.162. The Hall–Kier alpha value is -2.12. The molecule has 1 saturated heterocycles. The molecule has 6 nitrogen and oxygen atoms in total. The highest BCUT2D eigenvalue weighted by Gasteiger charge is 2.26. The molecule has 0 radical (unpaired) electrons. The number of aliphatic hydroxyl groups excluding tert-OH is 2. The monoisotopic (exact) mass is 499 g/mol. The predicted octanol–water partition coefficient (Wildman–Crippen LogP) is 4.93. The van der Waals surface area contributed by atoms with Gasteiger partial charge in [-0.1, -0.05) is 31.5 Å². The number of aromatic nitrogens is 2. The maximum Gasteiger partial charge on any atom is 0.269 e. The molecule has 2 aromatic heterocycles. The first-order valence-electron chi connectivity index (χ1n) is 12.7. The lowest BCUT2D eigenvalue weighted by Crippen LogP contribution is -2.42. The van der Waals surface area contributed by atoms with Crippen LogP contribution in [0.4, 0.5) is 0 Å². The number of pyridine rings is 1. The quantitative estimate of drug-likeness (QED) is 0.410. The molecule has 4 rings (SSSR count). The lowest BCUT2D eigenvalue weighted by Gasteiger charge is -2.37. The molecule has 190 valence electrons. The summed E-state index contributed by atoms with van der Waals surface area (Å²) in [5.41, 5.74) is 6.34. The molecule has 7 heteroatoms. The summed E-state index contributed by atoms with van der Waals surface area (Å²) in [6.07, 6.45) is 5.46. The van der Waals surface area contributed by atoms with E-state index in [4.69, 9.17) is 11.6 Å². The van der Waals surface area contributed by atoms with Crippen molar-refractivity contribution in [3.63, 3.8) is 0 Å². The number of likely N-dealkylation sites (tertiary alicyclic amines) is 1. The summed E-state index contributed by atoms with van der Waals surface area (Å²) >= 11 is 6.39. The van der Waals surface area contributed by atoms with Gasteiger partial charge in [-0.25, -0.2) is 0 Å². The van der Waals surface area contributed by atoms with Gasteiger partial charge in [0, 0.05) is 49.0 Å². The first-order chi connectivity index (χ1) is 16.8. The first kappa shape index (κ1) is 26.0. The summed E-state index contributed by atoms with van der Waals surface area (Å²) in [5.74, 6) is 0.788. The Morgan fingerprint density at radius 1 is 1.14 bits per heavy atom. The molecule has 0 amide bonds. The van der Waals surface area contributed by atoms with E-state index in [2.05, 4.69) is 41.9 Å². The number of H-pyrrole nitrogens is 1. The van der Waals surface area contributed by atoms with Crippen LogP contribution in [0.3, 0.4) is 0 Å². The topological polar surface area (TPSA) is 81.5 Å². The highest BCUT2D eigenvalue weighted by molar-refractivity contribution is 6.31. The third kappa shape index (κ3) is 5.08. The molecule has 0 bridgehead atoms. The Morgan fingerprint density at radius 2 is 1.80 bits per heavy atom. The minimum Gasteiger partial charge on any atom is -0.396 e. The molecule has 0 spiro atoms. The zero-order valence-corrected chi connectivity index (χ0v) is 22.0. The van der Waals surface area contributed by atoms with Crippen LogP contribution in [0.2, 0.25) is 5.02 Å². The molecule has 0 atom stereocenters. The normalized spacial score (nSPS) is 15.7. The Balaban J connectivity index is 1.67. The second-order valence-corrected chi connectivity index (χ2v) is 10.6. The van der Waals surface area contributed by atoms with Crippen LogP contribution in [0.15, 0.2) is 29.2 Å². The van der Waals surface area contributed by atoms with Gasteiger partial charge in [0.15, 0.2) is 0 Å². The Kier molecular flexibility index (Phi) is 8.06. The van der Waals surface area contributed by atoms with E-state index in [-0.39, 0.29) is 29.8 Å². The molecule has 1 aromatic carbocycles. The average Bonchev–Trinajstić information content (AvgIpc) is 3.23. The smallest absolute Gasteiger partial charge is 0.269 e. The summed E-state index contributed by atoms with van der Waals surface area (Å²) < 4.78 is 1.56. The average molecular weight is 500 g/mol. The summed E-state index contributed by atoms with van der Waals surface area (Å²) in [4.78, 5) is 18.4. The number of aryl methyl sites for hydroxylation is 1. The number of nitrogens with one attached hydrogen (secondary N) is 1. The second kappa shape index (κ2) is 10.9. The molecular weight excluding hydrogens is 462 g/mol. The number of benzene rings is 1. The van der Waals surface area contributed by atoms with Gasteiger partial charge in [0.05, 0.1) is 5.69 Å². The van der Waals surface area contributed by atoms with Gasteiger partial charge in [-0.3, -0.25) is 4.79 Å². The molecular formula is C28H38ClN3O3. The van der Waals surface area contributed by atoms with E-state index >= 15 is 0 Å². The standard InChI is InChI=1S/C28H38ClN3O3/c1-17(2)25-22-15-20(19-7-11-32(12-8-19)21(9-13-33)10-14-34)5-6-24(22)30-27(25)23-16-31(4)28(35)26(29)18(23)3/h5-6,15-17,19,21,30,33-34H,7-14H2,1-4H3. The van der Waals surface area contributed by atoms with Crippen LogP contribution in [0, 0.1) is 6.92 Å². The molecule has 3 N–H and O–H groups in total. The molecule has 3 heterocycles. The summed E-state index contributed by atoms with van der Waals surface area (Å²) in [6, 6.07) is 7.03. The van der Waals surface area contributed by atoms with Crippen LogP contribution in [-0.2, 0) is 7.05 Å². The van der Waals surface area contributed by atoms with Crippen molar-refractivity contribution < 1.29 is 10.2 Å². The van der Waals surface area contributed by atoms with Gasteiger partial charge < -0.3 is 24.7 Å². The third-order valence-electron chi connectivity index (χ3n) is 7.72. The maximum atomic E-state index is 12.3. The number of aliphatic hydroxyl groups is 2. The third-order valence-corrected chi connectivity index (χ3v) is 8.16. The number of piperidine rings is 1. The maximum absolute atomic E-state index is 12.3. The fraction of sp³-hybridized carbons (Fsp3) is 0.536. The first-order valence-corrected chi connectivity index (χ1v) is 13.1. The highest BCUT2D eigenvalue weighted by atomic mass is 35.5. The molecule has 0 saturated carbocycles. The van der Waals surface area contributed by atoms with Crippen molar-refractivity contribution in [2.24, 2.45) is 7.05 Å². The van der Waals surface area contributed by atoms with Gasteiger partial charge in [0.2, 0.25) is 0 Å². The van der Waals surface area contributed by atoms with E-state index in [1.54, 1.807) is 11.6 Å². The summed E-state index contributed by atoms with van der Waals surface area (Å²) in [7, 11) is 1.74. The fourth-order valence-corrected chi connectivity index (χ4v) is 5.97. The lowest BCUT2D eigenvalue weighted by atomic mass is 9.86. The second-order valence-electron chi connectivity index (χ2n) is 10.3. The number of hydrogen-bond acceptors (Lipinski definition) is 4. The Bertz CT molecular complexity index is 1230. The van der Waals surface area contributed by atoms with Crippen molar-refractivity contribution >= 4 is 22.5 Å². The van der Waals surface area contributed by atoms with Gasteiger partial charge in [-0.05, 0) is 86.4 Å². The largest absolute Gasteiger partial charge is 0.396 e. The van der Waals surface area contributed by atoms with E-state index in [1.807, 2.05) is 13.1 Å². The highest BCUT2D eigenvalue weighted by Crippen LogP contribution is 2.39. The Morgan fingerprint density at radius 3 is 2.40 bits per heavy atom. The number of nitrogens with zero attached hydrogens (tertiary/aromatic N) is 2. The molecule has 1 fully saturated rings. The molecule has 0 unspecified atom stereocenters. The van der Waals surface area contributed by atoms with Crippen molar-refractivity contribution in [3.05, 3.63) is 56.5 Å². The molecule has 1 aliphatic heterocycles. The van der Waals surface area contributed by atoms with Crippen LogP contribution in [-0.4, -0.2) is 57.0 Å². The van der Waals surface area contributed by atoms with E-state index in [0.717, 1.165) is 61.1 Å². The summed E-state index contributed by atoms with van der Waals surface area (Å²) in [5, 5.41) is 20.3. The van der Waals surface area contributed by atoms with Crippen molar-refractivity contribution in [2.45, 2.75) is 64.3 Å². The SMILES string of the molecule is Cc1c(-c2[nH]c3ccc(C4CCN(C(CCO)CCO)CC4)cc3c2C(C)C)cn(C)c(=O)c1Cl. The predicted molar refractivity (Wildman–Crippen MR) is 144 cm³/mol.